The van der Waals surface area contributed by atoms with E-state index in [0.717, 1.165) is 47.5 Å². The van der Waals surface area contributed by atoms with E-state index in [9.17, 15) is 4.79 Å². The third kappa shape index (κ3) is 3.36. The molecule has 0 spiro atoms. The molecule has 0 bridgehead atoms. The third-order valence-corrected chi connectivity index (χ3v) is 6.59. The average Bonchev–Trinajstić information content (AvgIpc) is 3.37. The van der Waals surface area contributed by atoms with Gasteiger partial charge in [0.2, 0.25) is 0 Å². The lowest BCUT2D eigenvalue weighted by molar-refractivity contribution is 0.103. The lowest BCUT2D eigenvalue weighted by atomic mass is 9.84. The quantitative estimate of drug-likeness (QED) is 0.592. The van der Waals surface area contributed by atoms with Gasteiger partial charge in [-0.25, -0.2) is 0 Å². The molecule has 1 N–H and O–H groups in total. The second kappa shape index (κ2) is 7.68. The molecule has 2 aliphatic rings. The van der Waals surface area contributed by atoms with Crippen molar-refractivity contribution in [3.8, 4) is 0 Å². The van der Waals surface area contributed by atoms with Crippen molar-refractivity contribution in [1.82, 2.24) is 4.90 Å². The van der Waals surface area contributed by atoms with Gasteiger partial charge in [-0.15, -0.1) is 0 Å². The minimum atomic E-state index is 0.0651. The molecule has 0 radical (unpaired) electrons. The number of rotatable bonds is 5. The predicted molar refractivity (Wildman–Crippen MR) is 117 cm³/mol. The summed E-state index contributed by atoms with van der Waals surface area (Å²) in [4.78, 5) is 15.7. The van der Waals surface area contributed by atoms with Crippen molar-refractivity contribution in [2.45, 2.75) is 44.6 Å². The van der Waals surface area contributed by atoms with Crippen LogP contribution in [0.25, 0.3) is 11.0 Å². The van der Waals surface area contributed by atoms with Crippen LogP contribution >= 0.6 is 0 Å². The van der Waals surface area contributed by atoms with Gasteiger partial charge >= 0.3 is 0 Å². The molecule has 5 rings (SSSR count). The molecule has 0 amide bonds. The highest BCUT2D eigenvalue weighted by atomic mass is 16.3. The number of furan rings is 1. The average molecular weight is 389 g/mol. The Morgan fingerprint density at radius 2 is 1.97 bits per heavy atom. The summed E-state index contributed by atoms with van der Waals surface area (Å²) in [6.07, 6.45) is 4.96. The Morgan fingerprint density at radius 3 is 2.79 bits per heavy atom. The van der Waals surface area contributed by atoms with E-state index in [0.29, 0.717) is 12.0 Å². The Balaban J connectivity index is 1.55. The van der Waals surface area contributed by atoms with Crippen LogP contribution in [0.5, 0.6) is 0 Å². The molecule has 3 aromatic rings. The molecule has 2 aromatic carbocycles. The van der Waals surface area contributed by atoms with Crippen LogP contribution in [0.1, 0.15) is 60.0 Å². The van der Waals surface area contributed by atoms with E-state index in [4.69, 9.17) is 4.42 Å². The Morgan fingerprint density at radius 1 is 1.10 bits per heavy atom. The van der Waals surface area contributed by atoms with Crippen molar-refractivity contribution >= 4 is 22.6 Å². The predicted octanol–water partition coefficient (Wildman–Crippen LogP) is 5.44. The maximum atomic E-state index is 13.0. The Hall–Kier alpha value is -2.59. The van der Waals surface area contributed by atoms with Crippen LogP contribution in [0.2, 0.25) is 0 Å². The van der Waals surface area contributed by atoms with Crippen LogP contribution in [0.4, 0.5) is 5.88 Å². The first kappa shape index (κ1) is 18.4. The van der Waals surface area contributed by atoms with Gasteiger partial charge in [0.15, 0.2) is 11.7 Å². The number of nitrogens with one attached hydrogen (secondary N) is 1. The standard InChI is InChI=1S/C25H28N2O2/c1-2-26-25-23(18-12-14-27-13-6-9-20(27)15-18)21-16-19(10-11-22(21)29-25)24(28)17-7-4-3-5-8-17/h3-5,7-8,10-11,16,18,20,26H,2,6,9,12-15H2,1H3. The zero-order valence-corrected chi connectivity index (χ0v) is 17.0. The molecule has 4 heteroatoms. The van der Waals surface area contributed by atoms with Gasteiger partial charge in [-0.2, -0.15) is 0 Å². The van der Waals surface area contributed by atoms with Gasteiger partial charge < -0.3 is 14.6 Å². The van der Waals surface area contributed by atoms with Crippen LogP contribution < -0.4 is 5.32 Å². The van der Waals surface area contributed by atoms with Crippen molar-refractivity contribution in [2.75, 3.05) is 25.0 Å². The van der Waals surface area contributed by atoms with Gasteiger partial charge in [-0.3, -0.25) is 4.79 Å². The number of piperidine rings is 1. The number of nitrogens with zero attached hydrogens (tertiary/aromatic N) is 1. The van der Waals surface area contributed by atoms with Crippen molar-refractivity contribution in [1.29, 1.82) is 0 Å². The summed E-state index contributed by atoms with van der Waals surface area (Å²) in [5.74, 6) is 1.44. The third-order valence-electron chi connectivity index (χ3n) is 6.59. The van der Waals surface area contributed by atoms with E-state index >= 15 is 0 Å². The largest absolute Gasteiger partial charge is 0.440 e. The molecule has 2 atom stereocenters. The Labute approximate surface area is 171 Å². The zero-order valence-electron chi connectivity index (χ0n) is 17.0. The number of carbonyl (C=O) groups is 1. The molecule has 2 fully saturated rings. The lowest BCUT2D eigenvalue weighted by Crippen LogP contribution is -2.37. The van der Waals surface area contributed by atoms with Gasteiger partial charge in [-0.1, -0.05) is 30.3 Å². The van der Waals surface area contributed by atoms with Gasteiger partial charge in [0, 0.05) is 34.7 Å². The highest BCUT2D eigenvalue weighted by Crippen LogP contribution is 2.44. The molecule has 1 aromatic heterocycles. The zero-order chi connectivity index (χ0) is 19.8. The van der Waals surface area contributed by atoms with Crippen LogP contribution in [0.15, 0.2) is 52.9 Å². The lowest BCUT2D eigenvalue weighted by Gasteiger charge is -2.35. The molecule has 2 aliphatic heterocycles. The van der Waals surface area contributed by atoms with Crippen LogP contribution in [-0.2, 0) is 0 Å². The molecule has 0 aliphatic carbocycles. The Kier molecular flexibility index (Phi) is 4.88. The number of anilines is 1. The highest BCUT2D eigenvalue weighted by molar-refractivity contribution is 6.10. The number of carbonyl (C=O) groups excluding carboxylic acids is 1. The molecule has 3 heterocycles. The molecule has 2 unspecified atom stereocenters. The summed E-state index contributed by atoms with van der Waals surface area (Å²) in [6, 6.07) is 16.1. The van der Waals surface area contributed by atoms with E-state index in [2.05, 4.69) is 17.1 Å². The summed E-state index contributed by atoms with van der Waals surface area (Å²) in [7, 11) is 0. The van der Waals surface area contributed by atoms with Crippen LogP contribution in [-0.4, -0.2) is 36.4 Å². The van der Waals surface area contributed by atoms with Gasteiger partial charge in [0.1, 0.15) is 5.58 Å². The van der Waals surface area contributed by atoms with E-state index < -0.39 is 0 Å². The van der Waals surface area contributed by atoms with E-state index in [1.807, 2.05) is 48.5 Å². The first-order valence-electron chi connectivity index (χ1n) is 10.9. The molecule has 0 saturated carbocycles. The SMILES string of the molecule is CCNc1oc2ccc(C(=O)c3ccccc3)cc2c1C1CCN2CCCC2C1. The molecular weight excluding hydrogens is 360 g/mol. The summed E-state index contributed by atoms with van der Waals surface area (Å²) < 4.78 is 6.21. The fourth-order valence-electron chi connectivity index (χ4n) is 5.20. The summed E-state index contributed by atoms with van der Waals surface area (Å²) in [5, 5.41) is 4.53. The van der Waals surface area contributed by atoms with Gasteiger partial charge in [0.25, 0.3) is 0 Å². The molecule has 4 nitrogen and oxygen atoms in total. The normalized spacial score (nSPS) is 22.0. The van der Waals surface area contributed by atoms with E-state index in [1.54, 1.807) is 0 Å². The summed E-state index contributed by atoms with van der Waals surface area (Å²) in [5.41, 5.74) is 3.60. The number of fused-ring (bicyclic) bond motifs is 2. The first-order chi connectivity index (χ1) is 14.2. The van der Waals surface area contributed by atoms with E-state index in [1.165, 1.54) is 31.4 Å². The molecule has 150 valence electrons. The van der Waals surface area contributed by atoms with Crippen LogP contribution in [0.3, 0.4) is 0 Å². The second-order valence-corrected chi connectivity index (χ2v) is 8.33. The van der Waals surface area contributed by atoms with Gasteiger partial charge in [-0.05, 0) is 69.8 Å². The second-order valence-electron chi connectivity index (χ2n) is 8.33. The van der Waals surface area contributed by atoms with Crippen LogP contribution in [0, 0.1) is 0 Å². The number of benzene rings is 2. The fraction of sp³-hybridized carbons (Fsp3) is 0.400. The monoisotopic (exact) mass is 388 g/mol. The van der Waals surface area contributed by atoms with Crippen molar-refractivity contribution in [3.05, 3.63) is 65.2 Å². The number of hydrogen-bond donors (Lipinski definition) is 1. The fourth-order valence-corrected chi connectivity index (χ4v) is 5.20. The van der Waals surface area contributed by atoms with E-state index in [-0.39, 0.29) is 5.78 Å². The van der Waals surface area contributed by atoms with Crippen molar-refractivity contribution in [2.24, 2.45) is 0 Å². The molecule has 29 heavy (non-hydrogen) atoms. The van der Waals surface area contributed by atoms with Gasteiger partial charge in [0.05, 0.1) is 0 Å². The summed E-state index contributed by atoms with van der Waals surface area (Å²) >= 11 is 0. The minimum Gasteiger partial charge on any atom is -0.440 e. The topological polar surface area (TPSA) is 45.5 Å². The smallest absolute Gasteiger partial charge is 0.197 e. The molecule has 2 saturated heterocycles. The first-order valence-corrected chi connectivity index (χ1v) is 10.9. The maximum Gasteiger partial charge on any atom is 0.197 e. The van der Waals surface area contributed by atoms with Crippen molar-refractivity contribution < 1.29 is 9.21 Å². The maximum absolute atomic E-state index is 13.0. The van der Waals surface area contributed by atoms with Crippen molar-refractivity contribution in [3.63, 3.8) is 0 Å². The minimum absolute atomic E-state index is 0.0651. The number of ketones is 1. The number of hydrogen-bond acceptors (Lipinski definition) is 4. The molecular formula is C25H28N2O2. The highest BCUT2D eigenvalue weighted by Gasteiger charge is 2.35. The summed E-state index contributed by atoms with van der Waals surface area (Å²) in [6.45, 7) is 5.33. The Bertz CT molecular complexity index is 1020.